The first kappa shape index (κ1) is 19.7. The molecule has 0 unspecified atom stereocenters. The molecule has 25 heavy (non-hydrogen) atoms. The fourth-order valence-corrected chi connectivity index (χ4v) is 3.30. The Hall–Kier alpha value is -1.58. The van der Waals surface area contributed by atoms with Crippen LogP contribution in [0.3, 0.4) is 0 Å². The zero-order valence-corrected chi connectivity index (χ0v) is 15.4. The Balaban J connectivity index is 0.00000225. The second-order valence-electron chi connectivity index (χ2n) is 6.61. The molecule has 2 nitrogen and oxygen atoms in total. The molecule has 1 aliphatic rings. The monoisotopic (exact) mass is 363 g/mol. The predicted octanol–water partition coefficient (Wildman–Crippen LogP) is 4.97. The molecule has 0 aromatic heterocycles. The van der Waals surface area contributed by atoms with Crippen molar-refractivity contribution in [3.8, 4) is 5.75 Å². The van der Waals surface area contributed by atoms with Crippen molar-refractivity contribution < 1.29 is 9.13 Å². The summed E-state index contributed by atoms with van der Waals surface area (Å²) < 4.78 is 18.6. The number of nitrogens with zero attached hydrogens (tertiary/aromatic N) is 1. The first-order valence-electron chi connectivity index (χ1n) is 8.94. The molecule has 0 N–H and O–H groups in total. The molecule has 0 saturated carbocycles. The zero-order chi connectivity index (χ0) is 16.6. The van der Waals surface area contributed by atoms with Gasteiger partial charge in [0.15, 0.2) is 0 Å². The number of piperidine rings is 1. The van der Waals surface area contributed by atoms with Crippen molar-refractivity contribution in [3.05, 3.63) is 66.0 Å². The maximum Gasteiger partial charge on any atom is 0.123 e. The van der Waals surface area contributed by atoms with Gasteiger partial charge in [0.2, 0.25) is 0 Å². The molecule has 0 radical (unpaired) electrons. The highest BCUT2D eigenvalue weighted by atomic mass is 35.5. The van der Waals surface area contributed by atoms with Crippen molar-refractivity contribution in [1.82, 2.24) is 4.90 Å². The minimum atomic E-state index is -0.217. The predicted molar refractivity (Wildman–Crippen MR) is 103 cm³/mol. The van der Waals surface area contributed by atoms with E-state index in [1.54, 1.807) is 12.1 Å². The highest BCUT2D eigenvalue weighted by molar-refractivity contribution is 5.85. The van der Waals surface area contributed by atoms with E-state index in [1.165, 1.54) is 43.6 Å². The minimum Gasteiger partial charge on any atom is -0.494 e. The average molecular weight is 364 g/mol. The summed E-state index contributed by atoms with van der Waals surface area (Å²) in [5, 5.41) is 0. The summed E-state index contributed by atoms with van der Waals surface area (Å²) in [6.45, 7) is 4.26. The fraction of sp³-hybridized carbons (Fsp3) is 0.429. The van der Waals surface area contributed by atoms with Gasteiger partial charge in [0, 0.05) is 6.54 Å². The first-order chi connectivity index (χ1) is 11.8. The normalized spacial score (nSPS) is 15.6. The van der Waals surface area contributed by atoms with Crippen LogP contribution in [0, 0.1) is 11.7 Å². The van der Waals surface area contributed by atoms with Crippen LogP contribution in [0.2, 0.25) is 0 Å². The van der Waals surface area contributed by atoms with Crippen molar-refractivity contribution in [2.75, 3.05) is 26.2 Å². The number of benzene rings is 2. The van der Waals surface area contributed by atoms with Crippen molar-refractivity contribution >= 4 is 12.4 Å². The van der Waals surface area contributed by atoms with Gasteiger partial charge >= 0.3 is 0 Å². The van der Waals surface area contributed by atoms with Gasteiger partial charge in [0.25, 0.3) is 0 Å². The van der Waals surface area contributed by atoms with Crippen molar-refractivity contribution in [2.24, 2.45) is 5.92 Å². The van der Waals surface area contributed by atoms with Gasteiger partial charge in [-0.1, -0.05) is 30.3 Å². The molecule has 0 amide bonds. The van der Waals surface area contributed by atoms with Crippen molar-refractivity contribution in [1.29, 1.82) is 0 Å². The Labute approximate surface area is 156 Å². The lowest BCUT2D eigenvalue weighted by atomic mass is 9.93. The van der Waals surface area contributed by atoms with E-state index in [-0.39, 0.29) is 18.2 Å². The van der Waals surface area contributed by atoms with E-state index in [4.69, 9.17) is 4.74 Å². The smallest absolute Gasteiger partial charge is 0.123 e. The average Bonchev–Trinajstić information content (AvgIpc) is 2.64. The molecule has 3 rings (SSSR count). The molecular weight excluding hydrogens is 337 g/mol. The summed E-state index contributed by atoms with van der Waals surface area (Å²) in [5.41, 5.74) is 1.42. The lowest BCUT2D eigenvalue weighted by Crippen LogP contribution is -2.35. The van der Waals surface area contributed by atoms with Crippen LogP contribution in [0.15, 0.2) is 54.6 Å². The molecule has 0 aliphatic carbocycles. The van der Waals surface area contributed by atoms with Crippen LogP contribution in [0.25, 0.3) is 0 Å². The number of likely N-dealkylation sites (tertiary alicyclic amines) is 1. The maximum absolute atomic E-state index is 12.8. The van der Waals surface area contributed by atoms with Crippen molar-refractivity contribution in [3.63, 3.8) is 0 Å². The Bertz CT molecular complexity index is 597. The summed E-state index contributed by atoms with van der Waals surface area (Å²) in [4.78, 5) is 2.57. The topological polar surface area (TPSA) is 12.5 Å². The van der Waals surface area contributed by atoms with Crippen LogP contribution in [-0.4, -0.2) is 31.1 Å². The Morgan fingerprint density at radius 2 is 1.64 bits per heavy atom. The molecule has 2 aromatic carbocycles. The Kier molecular flexibility index (Phi) is 8.23. The van der Waals surface area contributed by atoms with E-state index in [9.17, 15) is 4.39 Å². The minimum absolute atomic E-state index is 0. The quantitative estimate of drug-likeness (QED) is 0.688. The fourth-order valence-electron chi connectivity index (χ4n) is 3.30. The number of ether oxygens (including phenoxy) is 1. The van der Waals surface area contributed by atoms with E-state index in [0.29, 0.717) is 0 Å². The summed E-state index contributed by atoms with van der Waals surface area (Å²) in [6.07, 6.45) is 4.73. The molecule has 0 bridgehead atoms. The Morgan fingerprint density at radius 1 is 0.960 bits per heavy atom. The second-order valence-corrected chi connectivity index (χ2v) is 6.61. The highest BCUT2D eigenvalue weighted by Crippen LogP contribution is 2.21. The molecule has 4 heteroatoms. The van der Waals surface area contributed by atoms with Gasteiger partial charge in [-0.15, -0.1) is 12.4 Å². The van der Waals surface area contributed by atoms with Gasteiger partial charge in [-0.05, 0) is 74.5 Å². The van der Waals surface area contributed by atoms with Gasteiger partial charge in [-0.25, -0.2) is 4.39 Å². The van der Waals surface area contributed by atoms with Gasteiger partial charge in [0.05, 0.1) is 6.61 Å². The van der Waals surface area contributed by atoms with E-state index >= 15 is 0 Å². The van der Waals surface area contributed by atoms with Crippen LogP contribution < -0.4 is 4.74 Å². The molecule has 2 aromatic rings. The molecule has 1 saturated heterocycles. The van der Waals surface area contributed by atoms with Crippen LogP contribution in [0.4, 0.5) is 4.39 Å². The molecule has 1 heterocycles. The number of hydrogen-bond acceptors (Lipinski definition) is 2. The molecule has 0 atom stereocenters. The lowest BCUT2D eigenvalue weighted by Gasteiger charge is -2.32. The zero-order valence-electron chi connectivity index (χ0n) is 14.6. The standard InChI is InChI=1S/C21H26FNO.ClH/c22-20-6-8-21(9-7-20)24-17-13-19-11-15-23(16-12-19)14-10-18-4-2-1-3-5-18;/h1-9,19H,10-17H2;1H. The molecular formula is C21H27ClFNO. The molecule has 0 spiro atoms. The molecule has 1 aliphatic heterocycles. The van der Waals surface area contributed by atoms with Crippen LogP contribution in [-0.2, 0) is 6.42 Å². The van der Waals surface area contributed by atoms with Gasteiger partial charge in [-0.2, -0.15) is 0 Å². The number of hydrogen-bond donors (Lipinski definition) is 0. The largest absolute Gasteiger partial charge is 0.494 e. The molecule has 136 valence electrons. The number of halogens is 2. The first-order valence-corrected chi connectivity index (χ1v) is 8.94. The van der Waals surface area contributed by atoms with Gasteiger partial charge in [-0.3, -0.25) is 0 Å². The van der Waals surface area contributed by atoms with Gasteiger partial charge in [0.1, 0.15) is 11.6 Å². The van der Waals surface area contributed by atoms with E-state index in [1.807, 2.05) is 0 Å². The SMILES string of the molecule is Cl.Fc1ccc(OCCC2CCN(CCc3ccccc3)CC2)cc1. The van der Waals surface area contributed by atoms with Crippen molar-refractivity contribution in [2.45, 2.75) is 25.7 Å². The Morgan fingerprint density at radius 3 is 2.32 bits per heavy atom. The van der Waals surface area contributed by atoms with Crippen LogP contribution >= 0.6 is 12.4 Å². The molecule has 1 fully saturated rings. The van der Waals surface area contributed by atoms with Crippen LogP contribution in [0.1, 0.15) is 24.8 Å². The summed E-state index contributed by atoms with van der Waals surface area (Å²) in [5.74, 6) is 1.29. The maximum atomic E-state index is 12.8. The summed E-state index contributed by atoms with van der Waals surface area (Å²) in [6, 6.07) is 17.0. The second kappa shape index (κ2) is 10.4. The van der Waals surface area contributed by atoms with Gasteiger partial charge < -0.3 is 9.64 Å². The van der Waals surface area contributed by atoms with E-state index in [2.05, 4.69) is 35.2 Å². The van der Waals surface area contributed by atoms with E-state index < -0.39 is 0 Å². The third-order valence-electron chi connectivity index (χ3n) is 4.88. The van der Waals surface area contributed by atoms with E-state index in [0.717, 1.165) is 37.7 Å². The number of rotatable bonds is 7. The lowest BCUT2D eigenvalue weighted by molar-refractivity contribution is 0.164. The third kappa shape index (κ3) is 6.68. The summed E-state index contributed by atoms with van der Waals surface area (Å²) in [7, 11) is 0. The third-order valence-corrected chi connectivity index (χ3v) is 4.88. The summed E-state index contributed by atoms with van der Waals surface area (Å²) >= 11 is 0. The highest BCUT2D eigenvalue weighted by Gasteiger charge is 2.18. The van der Waals surface area contributed by atoms with Crippen LogP contribution in [0.5, 0.6) is 5.75 Å².